The molecule has 0 atom stereocenters. The van der Waals surface area contributed by atoms with Crippen LogP contribution in [0.1, 0.15) is 11.1 Å². The predicted molar refractivity (Wildman–Crippen MR) is 115 cm³/mol. The van der Waals surface area contributed by atoms with Crippen molar-refractivity contribution in [2.75, 3.05) is 11.5 Å². The molecule has 1 aromatic heterocycles. The Kier molecular flexibility index (Phi) is 5.56. The second-order valence-electron chi connectivity index (χ2n) is 6.05. The van der Waals surface area contributed by atoms with Crippen molar-refractivity contribution < 1.29 is 4.39 Å². The SMILES string of the molecule is Cl.Nc1ccc(Cc2cc3sc(N)nc3c(-c3cccc(Cl)c3)c2F)cc1. The Labute approximate surface area is 171 Å². The molecule has 0 aliphatic carbocycles. The van der Waals surface area contributed by atoms with Gasteiger partial charge in [0.25, 0.3) is 0 Å². The number of aromatic nitrogens is 1. The second-order valence-corrected chi connectivity index (χ2v) is 7.55. The summed E-state index contributed by atoms with van der Waals surface area (Å²) in [6, 6.07) is 16.4. The smallest absolute Gasteiger partial charge is 0.181 e. The summed E-state index contributed by atoms with van der Waals surface area (Å²) in [5.74, 6) is -0.304. The highest BCUT2D eigenvalue weighted by atomic mass is 35.5. The van der Waals surface area contributed by atoms with Gasteiger partial charge in [-0.1, -0.05) is 47.2 Å². The third-order valence-electron chi connectivity index (χ3n) is 4.20. The number of nitrogens with two attached hydrogens (primary N) is 2. The minimum atomic E-state index is -0.304. The lowest BCUT2D eigenvalue weighted by Gasteiger charge is -2.11. The highest BCUT2D eigenvalue weighted by molar-refractivity contribution is 7.22. The number of thiazole rings is 1. The summed E-state index contributed by atoms with van der Waals surface area (Å²) in [6.45, 7) is 0. The van der Waals surface area contributed by atoms with Crippen LogP contribution in [0.3, 0.4) is 0 Å². The zero-order valence-electron chi connectivity index (χ0n) is 14.1. The topological polar surface area (TPSA) is 64.9 Å². The molecule has 3 aromatic carbocycles. The minimum Gasteiger partial charge on any atom is -0.399 e. The number of fused-ring (bicyclic) bond motifs is 1. The molecular formula is C20H16Cl2FN3S. The molecule has 0 unspecified atom stereocenters. The van der Waals surface area contributed by atoms with Crippen LogP contribution in [0.15, 0.2) is 54.6 Å². The van der Waals surface area contributed by atoms with Gasteiger partial charge in [-0.2, -0.15) is 0 Å². The molecule has 138 valence electrons. The number of benzene rings is 3. The first-order valence-electron chi connectivity index (χ1n) is 7.99. The lowest BCUT2D eigenvalue weighted by atomic mass is 9.97. The monoisotopic (exact) mass is 419 g/mol. The highest BCUT2D eigenvalue weighted by Crippen LogP contribution is 2.38. The molecule has 4 rings (SSSR count). The second kappa shape index (κ2) is 7.72. The number of hydrogen-bond acceptors (Lipinski definition) is 4. The predicted octanol–water partition coefficient (Wildman–Crippen LogP) is 5.93. The van der Waals surface area contributed by atoms with Crippen LogP contribution in [-0.4, -0.2) is 4.98 Å². The molecule has 0 amide bonds. The fourth-order valence-corrected chi connectivity index (χ4v) is 4.00. The van der Waals surface area contributed by atoms with Crippen LogP contribution in [0.5, 0.6) is 0 Å². The van der Waals surface area contributed by atoms with Crippen LogP contribution in [-0.2, 0) is 6.42 Å². The average Bonchev–Trinajstić information content (AvgIpc) is 2.97. The van der Waals surface area contributed by atoms with E-state index in [1.54, 1.807) is 18.2 Å². The maximum atomic E-state index is 15.5. The van der Waals surface area contributed by atoms with E-state index in [1.807, 2.05) is 36.4 Å². The van der Waals surface area contributed by atoms with Crippen LogP contribution in [0, 0.1) is 5.82 Å². The summed E-state index contributed by atoms with van der Waals surface area (Å²) in [4.78, 5) is 4.34. The first kappa shape index (κ1) is 19.4. The maximum Gasteiger partial charge on any atom is 0.181 e. The van der Waals surface area contributed by atoms with Gasteiger partial charge < -0.3 is 11.5 Å². The van der Waals surface area contributed by atoms with Gasteiger partial charge >= 0.3 is 0 Å². The summed E-state index contributed by atoms with van der Waals surface area (Å²) in [6.07, 6.45) is 0.452. The summed E-state index contributed by atoms with van der Waals surface area (Å²) in [5, 5.41) is 0.953. The van der Waals surface area contributed by atoms with Crippen molar-refractivity contribution in [3.63, 3.8) is 0 Å². The standard InChI is InChI=1S/C20H15ClFN3S.ClH/c21-14-3-1-2-12(9-14)17-18(22)13(8-11-4-6-15(23)7-5-11)10-16-19(17)25-20(24)26-16;/h1-7,9-10H,8,23H2,(H2,24,25);1H. The van der Waals surface area contributed by atoms with Gasteiger partial charge in [-0.15, -0.1) is 12.4 Å². The van der Waals surface area contributed by atoms with Crippen molar-refractivity contribution >= 4 is 56.4 Å². The molecule has 0 aliphatic heterocycles. The number of nitrogen functional groups attached to an aromatic ring is 2. The van der Waals surface area contributed by atoms with Crippen molar-refractivity contribution in [1.29, 1.82) is 0 Å². The molecule has 7 heteroatoms. The first-order valence-corrected chi connectivity index (χ1v) is 9.18. The molecule has 1 heterocycles. The molecule has 0 saturated heterocycles. The van der Waals surface area contributed by atoms with Gasteiger partial charge in [0.2, 0.25) is 0 Å². The van der Waals surface area contributed by atoms with E-state index in [2.05, 4.69) is 4.98 Å². The summed E-state index contributed by atoms with van der Waals surface area (Å²) in [7, 11) is 0. The third-order valence-corrected chi connectivity index (χ3v) is 5.27. The van der Waals surface area contributed by atoms with Crippen molar-refractivity contribution in [2.45, 2.75) is 6.42 Å². The van der Waals surface area contributed by atoms with Crippen molar-refractivity contribution in [2.24, 2.45) is 0 Å². The normalized spacial score (nSPS) is 10.7. The van der Waals surface area contributed by atoms with Crippen molar-refractivity contribution in [3.05, 3.63) is 76.6 Å². The minimum absolute atomic E-state index is 0. The molecule has 4 aromatic rings. The van der Waals surface area contributed by atoms with Crippen LogP contribution < -0.4 is 11.5 Å². The van der Waals surface area contributed by atoms with E-state index in [0.29, 0.717) is 44.5 Å². The van der Waals surface area contributed by atoms with Gasteiger partial charge in [0.05, 0.1) is 10.2 Å². The largest absolute Gasteiger partial charge is 0.399 e. The summed E-state index contributed by atoms with van der Waals surface area (Å²) >= 11 is 7.46. The van der Waals surface area contributed by atoms with Gasteiger partial charge in [-0.05, 0) is 47.0 Å². The third kappa shape index (κ3) is 3.86. The van der Waals surface area contributed by atoms with Gasteiger partial charge in [-0.3, -0.25) is 0 Å². The molecule has 3 nitrogen and oxygen atoms in total. The lowest BCUT2D eigenvalue weighted by molar-refractivity contribution is 0.619. The molecule has 0 saturated carbocycles. The van der Waals surface area contributed by atoms with E-state index >= 15 is 4.39 Å². The van der Waals surface area contributed by atoms with Crippen LogP contribution >= 0.6 is 35.3 Å². The van der Waals surface area contributed by atoms with E-state index < -0.39 is 0 Å². The molecular weight excluding hydrogens is 404 g/mol. The molecule has 0 radical (unpaired) electrons. The van der Waals surface area contributed by atoms with E-state index in [9.17, 15) is 0 Å². The zero-order valence-corrected chi connectivity index (χ0v) is 16.5. The van der Waals surface area contributed by atoms with Gasteiger partial charge in [0.1, 0.15) is 5.82 Å². The Morgan fingerprint density at radius 2 is 1.78 bits per heavy atom. The number of hydrogen-bond donors (Lipinski definition) is 2. The number of anilines is 2. The molecule has 4 N–H and O–H groups in total. The Balaban J connectivity index is 0.00000210. The Morgan fingerprint density at radius 1 is 1.04 bits per heavy atom. The van der Waals surface area contributed by atoms with Gasteiger partial charge in [-0.25, -0.2) is 9.37 Å². The molecule has 0 bridgehead atoms. The fourth-order valence-electron chi connectivity index (χ4n) is 3.00. The quantitative estimate of drug-likeness (QED) is 0.404. The van der Waals surface area contributed by atoms with E-state index in [4.69, 9.17) is 23.1 Å². The van der Waals surface area contributed by atoms with Crippen LogP contribution in [0.2, 0.25) is 5.02 Å². The Hall–Kier alpha value is -2.34. The molecule has 0 spiro atoms. The first-order chi connectivity index (χ1) is 12.5. The van der Waals surface area contributed by atoms with Crippen molar-refractivity contribution in [1.82, 2.24) is 4.98 Å². The van der Waals surface area contributed by atoms with Gasteiger partial charge in [0, 0.05) is 22.7 Å². The number of halogens is 3. The lowest BCUT2D eigenvalue weighted by Crippen LogP contribution is -1.97. The average molecular weight is 420 g/mol. The van der Waals surface area contributed by atoms with Crippen LogP contribution in [0.4, 0.5) is 15.2 Å². The molecule has 0 fully saturated rings. The highest BCUT2D eigenvalue weighted by Gasteiger charge is 2.19. The zero-order chi connectivity index (χ0) is 18.3. The number of nitrogens with zero attached hydrogens (tertiary/aromatic N) is 1. The summed E-state index contributed by atoms with van der Waals surface area (Å²) in [5.41, 5.74) is 15.5. The Bertz CT molecular complexity index is 1110. The summed E-state index contributed by atoms with van der Waals surface area (Å²) < 4.78 is 16.3. The van der Waals surface area contributed by atoms with Crippen LogP contribution in [0.25, 0.3) is 21.3 Å². The number of rotatable bonds is 3. The van der Waals surface area contributed by atoms with Gasteiger partial charge in [0.15, 0.2) is 5.13 Å². The molecule has 27 heavy (non-hydrogen) atoms. The van der Waals surface area contributed by atoms with E-state index in [0.717, 1.165) is 10.3 Å². The Morgan fingerprint density at radius 3 is 2.48 bits per heavy atom. The van der Waals surface area contributed by atoms with Crippen molar-refractivity contribution in [3.8, 4) is 11.1 Å². The van der Waals surface area contributed by atoms with E-state index in [-0.39, 0.29) is 18.2 Å². The molecule has 0 aliphatic rings. The maximum absolute atomic E-state index is 15.5. The fraction of sp³-hybridized carbons (Fsp3) is 0.0500. The van der Waals surface area contributed by atoms with E-state index in [1.165, 1.54) is 11.3 Å².